The SMILES string of the molecule is C=C(C)C(=O)C(C)S(=O)O. The lowest BCUT2D eigenvalue weighted by molar-refractivity contribution is -0.114. The van der Waals surface area contributed by atoms with Crippen LogP contribution in [0.1, 0.15) is 13.8 Å². The van der Waals surface area contributed by atoms with E-state index in [-0.39, 0.29) is 5.78 Å². The molecular formula is C6H10O3S. The van der Waals surface area contributed by atoms with Crippen LogP contribution in [0.2, 0.25) is 0 Å². The molecule has 3 nitrogen and oxygen atoms in total. The van der Waals surface area contributed by atoms with Crippen molar-refractivity contribution in [2.24, 2.45) is 0 Å². The van der Waals surface area contributed by atoms with Crippen molar-refractivity contribution >= 4 is 16.9 Å². The molecule has 0 aliphatic rings. The Balaban J connectivity index is 4.22. The fourth-order valence-corrected chi connectivity index (χ4v) is 0.823. The third-order valence-electron chi connectivity index (χ3n) is 1.09. The Morgan fingerprint density at radius 1 is 1.70 bits per heavy atom. The highest BCUT2D eigenvalue weighted by Gasteiger charge is 2.18. The molecule has 0 aliphatic carbocycles. The first-order chi connectivity index (χ1) is 4.46. The van der Waals surface area contributed by atoms with Crippen LogP contribution in [0.4, 0.5) is 0 Å². The van der Waals surface area contributed by atoms with Gasteiger partial charge in [0.05, 0.1) is 0 Å². The maximum absolute atomic E-state index is 10.8. The minimum atomic E-state index is -2.07. The highest BCUT2D eigenvalue weighted by atomic mass is 32.2. The van der Waals surface area contributed by atoms with Crippen molar-refractivity contribution in [2.45, 2.75) is 19.1 Å². The molecule has 0 saturated heterocycles. The highest BCUT2D eigenvalue weighted by Crippen LogP contribution is 2.00. The Morgan fingerprint density at radius 2 is 2.10 bits per heavy atom. The van der Waals surface area contributed by atoms with E-state index >= 15 is 0 Å². The summed E-state index contributed by atoms with van der Waals surface area (Å²) in [6.45, 7) is 6.28. The maximum atomic E-state index is 10.8. The number of carbonyl (C=O) groups is 1. The second kappa shape index (κ2) is 3.63. The lowest BCUT2D eigenvalue weighted by atomic mass is 10.2. The van der Waals surface area contributed by atoms with Crippen molar-refractivity contribution in [1.29, 1.82) is 0 Å². The summed E-state index contributed by atoms with van der Waals surface area (Å²) in [6, 6.07) is 0. The Bertz CT molecular complexity index is 185. The first-order valence-electron chi connectivity index (χ1n) is 2.76. The number of rotatable bonds is 3. The van der Waals surface area contributed by atoms with Gasteiger partial charge in [0.1, 0.15) is 5.25 Å². The smallest absolute Gasteiger partial charge is 0.175 e. The van der Waals surface area contributed by atoms with E-state index in [4.69, 9.17) is 4.55 Å². The van der Waals surface area contributed by atoms with Crippen LogP contribution in [0.25, 0.3) is 0 Å². The first kappa shape index (κ1) is 9.52. The second-order valence-corrected chi connectivity index (χ2v) is 3.32. The summed E-state index contributed by atoms with van der Waals surface area (Å²) in [5.74, 6) is -0.360. The largest absolute Gasteiger partial charge is 0.306 e. The van der Waals surface area contributed by atoms with Gasteiger partial charge in [-0.3, -0.25) is 4.79 Å². The molecule has 1 N–H and O–H groups in total. The summed E-state index contributed by atoms with van der Waals surface area (Å²) in [5.41, 5.74) is 0.315. The molecule has 0 fully saturated rings. The van der Waals surface area contributed by atoms with Gasteiger partial charge in [0.25, 0.3) is 0 Å². The van der Waals surface area contributed by atoms with Gasteiger partial charge < -0.3 is 4.55 Å². The molecule has 4 heteroatoms. The maximum Gasteiger partial charge on any atom is 0.175 e. The summed E-state index contributed by atoms with van der Waals surface area (Å²) >= 11 is -2.07. The van der Waals surface area contributed by atoms with Crippen LogP contribution in [0, 0.1) is 0 Å². The Labute approximate surface area is 62.4 Å². The van der Waals surface area contributed by atoms with Crippen LogP contribution in [-0.2, 0) is 15.9 Å². The number of carbonyl (C=O) groups excluding carboxylic acids is 1. The van der Waals surface area contributed by atoms with Crippen molar-refractivity contribution in [3.05, 3.63) is 12.2 Å². The van der Waals surface area contributed by atoms with Crippen LogP contribution in [0.15, 0.2) is 12.2 Å². The number of ketones is 1. The Morgan fingerprint density at radius 3 is 2.20 bits per heavy atom. The summed E-state index contributed by atoms with van der Waals surface area (Å²) in [5, 5.41) is -0.850. The monoisotopic (exact) mass is 162 g/mol. The van der Waals surface area contributed by atoms with Gasteiger partial charge >= 0.3 is 0 Å². The fraction of sp³-hybridized carbons (Fsp3) is 0.500. The summed E-state index contributed by atoms with van der Waals surface area (Å²) in [4.78, 5) is 10.8. The summed E-state index contributed by atoms with van der Waals surface area (Å²) in [6.07, 6.45) is 0. The third kappa shape index (κ3) is 2.41. The molecule has 0 aliphatic heterocycles. The van der Waals surface area contributed by atoms with Gasteiger partial charge in [-0.15, -0.1) is 0 Å². The van der Waals surface area contributed by atoms with E-state index in [1.807, 2.05) is 0 Å². The van der Waals surface area contributed by atoms with Crippen LogP contribution in [0.3, 0.4) is 0 Å². The third-order valence-corrected chi connectivity index (χ3v) is 1.91. The minimum Gasteiger partial charge on any atom is -0.306 e. The van der Waals surface area contributed by atoms with Gasteiger partial charge in [0.15, 0.2) is 16.9 Å². The molecule has 10 heavy (non-hydrogen) atoms. The average Bonchev–Trinajstić information content (AvgIpc) is 1.84. The lowest BCUT2D eigenvalue weighted by Crippen LogP contribution is -2.22. The van der Waals surface area contributed by atoms with E-state index in [1.54, 1.807) is 0 Å². The van der Waals surface area contributed by atoms with E-state index in [1.165, 1.54) is 13.8 Å². The standard InChI is InChI=1S/C6H10O3S/c1-4(2)6(7)5(3)10(8)9/h5H,1H2,2-3H3,(H,8,9). The molecule has 0 amide bonds. The molecule has 0 heterocycles. The zero-order valence-corrected chi connectivity index (χ0v) is 6.77. The van der Waals surface area contributed by atoms with E-state index in [2.05, 4.69) is 6.58 Å². The lowest BCUT2D eigenvalue weighted by Gasteiger charge is -2.03. The van der Waals surface area contributed by atoms with Gasteiger partial charge in [0, 0.05) is 0 Å². The molecule has 0 aromatic carbocycles. The normalized spacial score (nSPS) is 15.9. The Hall–Kier alpha value is -0.480. The predicted molar refractivity (Wildman–Crippen MR) is 40.1 cm³/mol. The average molecular weight is 162 g/mol. The van der Waals surface area contributed by atoms with Gasteiger partial charge in [-0.2, -0.15) is 0 Å². The summed E-state index contributed by atoms with van der Waals surface area (Å²) in [7, 11) is 0. The molecule has 0 aromatic rings. The van der Waals surface area contributed by atoms with Crippen molar-refractivity contribution in [3.8, 4) is 0 Å². The van der Waals surface area contributed by atoms with Gasteiger partial charge in [0.2, 0.25) is 0 Å². The van der Waals surface area contributed by atoms with Gasteiger partial charge in [-0.25, -0.2) is 4.21 Å². The van der Waals surface area contributed by atoms with Crippen molar-refractivity contribution in [2.75, 3.05) is 0 Å². The van der Waals surface area contributed by atoms with Crippen molar-refractivity contribution < 1.29 is 13.6 Å². The number of Topliss-reactive ketones (excluding diaryl/α,β-unsaturated/α-hetero) is 1. The van der Waals surface area contributed by atoms with Crippen LogP contribution < -0.4 is 0 Å². The molecule has 58 valence electrons. The minimum absolute atomic E-state index is 0.315. The van der Waals surface area contributed by atoms with Crippen LogP contribution in [0.5, 0.6) is 0 Å². The first-order valence-corrected chi connectivity index (χ1v) is 3.93. The molecule has 0 bridgehead atoms. The van der Waals surface area contributed by atoms with E-state index < -0.39 is 16.3 Å². The van der Waals surface area contributed by atoms with E-state index in [0.717, 1.165) is 0 Å². The molecule has 0 aromatic heterocycles. The van der Waals surface area contributed by atoms with Crippen molar-refractivity contribution in [1.82, 2.24) is 0 Å². The number of hydrogen-bond donors (Lipinski definition) is 1. The number of hydrogen-bond acceptors (Lipinski definition) is 2. The van der Waals surface area contributed by atoms with E-state index in [9.17, 15) is 9.00 Å². The van der Waals surface area contributed by atoms with Crippen molar-refractivity contribution in [3.63, 3.8) is 0 Å². The molecule has 0 saturated carbocycles. The topological polar surface area (TPSA) is 54.4 Å². The molecule has 0 radical (unpaired) electrons. The fourth-order valence-electron chi connectivity index (χ4n) is 0.439. The molecule has 2 unspecified atom stereocenters. The number of allylic oxidation sites excluding steroid dienone is 1. The van der Waals surface area contributed by atoms with Gasteiger partial charge in [-0.05, 0) is 19.4 Å². The second-order valence-electron chi connectivity index (χ2n) is 2.06. The molecule has 0 spiro atoms. The molecular weight excluding hydrogens is 152 g/mol. The highest BCUT2D eigenvalue weighted by molar-refractivity contribution is 7.80. The van der Waals surface area contributed by atoms with E-state index in [0.29, 0.717) is 5.57 Å². The van der Waals surface area contributed by atoms with Crippen LogP contribution >= 0.6 is 0 Å². The quantitative estimate of drug-likeness (QED) is 0.492. The zero-order chi connectivity index (χ0) is 8.31. The Kier molecular flexibility index (Phi) is 3.46. The molecule has 2 atom stereocenters. The van der Waals surface area contributed by atoms with Gasteiger partial charge in [-0.1, -0.05) is 6.58 Å². The molecule has 0 rings (SSSR count). The van der Waals surface area contributed by atoms with Crippen LogP contribution in [-0.4, -0.2) is 19.8 Å². The predicted octanol–water partition coefficient (Wildman–Crippen LogP) is 0.742. The summed E-state index contributed by atoms with van der Waals surface area (Å²) < 4.78 is 18.7. The zero-order valence-electron chi connectivity index (χ0n) is 5.96.